The van der Waals surface area contributed by atoms with E-state index in [1.165, 1.54) is 0 Å². The van der Waals surface area contributed by atoms with Crippen molar-refractivity contribution in [2.24, 2.45) is 5.92 Å². The second-order valence-electron chi connectivity index (χ2n) is 6.32. The van der Waals surface area contributed by atoms with E-state index in [0.29, 0.717) is 41.4 Å². The molecule has 1 N–H and O–H groups in total. The van der Waals surface area contributed by atoms with Crippen LogP contribution in [0.3, 0.4) is 0 Å². The van der Waals surface area contributed by atoms with E-state index < -0.39 is 5.92 Å². The zero-order valence-corrected chi connectivity index (χ0v) is 17.4. The van der Waals surface area contributed by atoms with Crippen molar-refractivity contribution in [3.05, 3.63) is 45.3 Å². The molecule has 2 amide bonds. The van der Waals surface area contributed by atoms with Gasteiger partial charge in [-0.05, 0) is 44.0 Å². The molecular formula is C19H16Br2N2O4. The van der Waals surface area contributed by atoms with Crippen molar-refractivity contribution in [3.8, 4) is 11.5 Å². The molecule has 1 unspecified atom stereocenters. The van der Waals surface area contributed by atoms with Gasteiger partial charge in [-0.1, -0.05) is 12.1 Å². The first-order valence-corrected chi connectivity index (χ1v) is 10.1. The molecule has 27 heavy (non-hydrogen) atoms. The van der Waals surface area contributed by atoms with E-state index in [1.54, 1.807) is 17.0 Å². The van der Waals surface area contributed by atoms with Crippen molar-refractivity contribution in [3.63, 3.8) is 0 Å². The van der Waals surface area contributed by atoms with Crippen LogP contribution in [0.1, 0.15) is 6.42 Å². The van der Waals surface area contributed by atoms with Crippen LogP contribution >= 0.6 is 31.9 Å². The third-order valence-electron chi connectivity index (χ3n) is 4.53. The van der Waals surface area contributed by atoms with Gasteiger partial charge in [-0.15, -0.1) is 0 Å². The summed E-state index contributed by atoms with van der Waals surface area (Å²) in [5.41, 5.74) is 1.37. The number of para-hydroxylation sites is 1. The molecule has 2 aliphatic rings. The lowest BCUT2D eigenvalue weighted by Gasteiger charge is -2.21. The molecule has 1 saturated heterocycles. The maximum Gasteiger partial charge on any atom is 0.229 e. The number of carbonyl (C=O) groups is 2. The molecule has 8 heteroatoms. The highest BCUT2D eigenvalue weighted by Crippen LogP contribution is 2.39. The molecule has 0 aromatic heterocycles. The van der Waals surface area contributed by atoms with Crippen LogP contribution in [0, 0.1) is 5.92 Å². The standard InChI is InChI=1S/C19H16Br2N2O4/c20-12-3-1-2-4-15(12)23-10-11(7-18(23)24)19(25)22-14-9-17-16(8-13(14)21)26-5-6-27-17/h1-4,8-9,11H,5-7,10H2,(H,22,25). The fourth-order valence-corrected chi connectivity index (χ4v) is 4.10. The van der Waals surface area contributed by atoms with Gasteiger partial charge < -0.3 is 19.7 Å². The summed E-state index contributed by atoms with van der Waals surface area (Å²) in [6, 6.07) is 11.0. The van der Waals surface area contributed by atoms with E-state index in [-0.39, 0.29) is 18.2 Å². The number of rotatable bonds is 3. The number of ether oxygens (including phenoxy) is 2. The van der Waals surface area contributed by atoms with Crippen LogP contribution < -0.4 is 19.7 Å². The molecule has 1 atom stereocenters. The number of anilines is 2. The van der Waals surface area contributed by atoms with E-state index in [4.69, 9.17) is 9.47 Å². The SMILES string of the molecule is O=C(Nc1cc2c(cc1Br)OCCO2)C1CC(=O)N(c2ccccc2Br)C1. The van der Waals surface area contributed by atoms with Crippen molar-refractivity contribution in [2.45, 2.75) is 6.42 Å². The van der Waals surface area contributed by atoms with E-state index in [9.17, 15) is 9.59 Å². The predicted octanol–water partition coefficient (Wildman–Crippen LogP) is 3.97. The summed E-state index contributed by atoms with van der Waals surface area (Å²) in [7, 11) is 0. The van der Waals surface area contributed by atoms with E-state index in [0.717, 1.165) is 10.2 Å². The summed E-state index contributed by atoms with van der Waals surface area (Å²) in [6.45, 7) is 1.32. The minimum Gasteiger partial charge on any atom is -0.486 e. The van der Waals surface area contributed by atoms with Gasteiger partial charge in [0, 0.05) is 34.0 Å². The first-order valence-electron chi connectivity index (χ1n) is 8.48. The molecule has 0 saturated carbocycles. The van der Waals surface area contributed by atoms with Gasteiger partial charge in [0.15, 0.2) is 11.5 Å². The van der Waals surface area contributed by atoms with Crippen LogP contribution in [0.2, 0.25) is 0 Å². The van der Waals surface area contributed by atoms with Gasteiger partial charge in [0.05, 0.1) is 17.3 Å². The zero-order valence-electron chi connectivity index (χ0n) is 14.2. The molecule has 0 aliphatic carbocycles. The molecule has 0 radical (unpaired) electrons. The molecule has 2 aromatic carbocycles. The lowest BCUT2D eigenvalue weighted by Crippen LogP contribution is -2.28. The first-order chi connectivity index (χ1) is 13.0. The number of nitrogens with zero attached hydrogens (tertiary/aromatic N) is 1. The lowest BCUT2D eigenvalue weighted by atomic mass is 10.1. The Bertz CT molecular complexity index is 919. The smallest absolute Gasteiger partial charge is 0.229 e. The molecular weight excluding hydrogens is 480 g/mol. The zero-order chi connectivity index (χ0) is 19.0. The fourth-order valence-electron chi connectivity index (χ4n) is 3.18. The monoisotopic (exact) mass is 494 g/mol. The summed E-state index contributed by atoms with van der Waals surface area (Å²) in [5, 5.41) is 2.90. The van der Waals surface area contributed by atoms with Crippen LogP contribution in [0.15, 0.2) is 45.3 Å². The fraction of sp³-hybridized carbons (Fsp3) is 0.263. The molecule has 0 bridgehead atoms. The van der Waals surface area contributed by atoms with Crippen molar-refractivity contribution < 1.29 is 19.1 Å². The van der Waals surface area contributed by atoms with Gasteiger partial charge in [-0.25, -0.2) is 0 Å². The summed E-state index contributed by atoms with van der Waals surface area (Å²) >= 11 is 6.91. The molecule has 140 valence electrons. The predicted molar refractivity (Wildman–Crippen MR) is 108 cm³/mol. The Labute approximate surface area is 173 Å². The van der Waals surface area contributed by atoms with Gasteiger partial charge in [0.2, 0.25) is 11.8 Å². The van der Waals surface area contributed by atoms with Crippen molar-refractivity contribution >= 4 is 55.0 Å². The number of amides is 2. The van der Waals surface area contributed by atoms with Crippen LogP contribution in [0.25, 0.3) is 0 Å². The third kappa shape index (κ3) is 3.68. The Kier molecular flexibility index (Phi) is 5.10. The van der Waals surface area contributed by atoms with Crippen molar-refractivity contribution in [2.75, 3.05) is 30.0 Å². The number of nitrogens with one attached hydrogen (secondary N) is 1. The maximum atomic E-state index is 12.7. The van der Waals surface area contributed by atoms with Crippen LogP contribution in [0.4, 0.5) is 11.4 Å². The average molecular weight is 496 g/mol. The minimum absolute atomic E-state index is 0.0664. The molecule has 1 fully saturated rings. The number of benzene rings is 2. The highest BCUT2D eigenvalue weighted by Gasteiger charge is 2.36. The maximum absolute atomic E-state index is 12.7. The second kappa shape index (κ2) is 7.52. The number of halogens is 2. The highest BCUT2D eigenvalue weighted by molar-refractivity contribution is 9.11. The summed E-state index contributed by atoms with van der Waals surface area (Å²) in [5.74, 6) is 0.544. The van der Waals surface area contributed by atoms with Gasteiger partial charge in [-0.3, -0.25) is 9.59 Å². The normalized spacial score (nSPS) is 18.5. The topological polar surface area (TPSA) is 67.9 Å². The molecule has 4 rings (SSSR count). The largest absolute Gasteiger partial charge is 0.486 e. The van der Waals surface area contributed by atoms with Gasteiger partial charge in [0.25, 0.3) is 0 Å². The molecule has 2 heterocycles. The number of carbonyl (C=O) groups excluding carboxylic acids is 2. The van der Waals surface area contributed by atoms with Crippen LogP contribution in [-0.4, -0.2) is 31.6 Å². The number of hydrogen-bond acceptors (Lipinski definition) is 4. The quantitative estimate of drug-likeness (QED) is 0.699. The van der Waals surface area contributed by atoms with E-state index >= 15 is 0 Å². The van der Waals surface area contributed by atoms with E-state index in [1.807, 2.05) is 24.3 Å². The van der Waals surface area contributed by atoms with Gasteiger partial charge >= 0.3 is 0 Å². The Hall–Kier alpha value is -2.06. The van der Waals surface area contributed by atoms with Crippen LogP contribution in [-0.2, 0) is 9.59 Å². The number of fused-ring (bicyclic) bond motifs is 1. The summed E-state index contributed by atoms with van der Waals surface area (Å²) < 4.78 is 12.6. The summed E-state index contributed by atoms with van der Waals surface area (Å²) in [4.78, 5) is 26.8. The van der Waals surface area contributed by atoms with Gasteiger partial charge in [0.1, 0.15) is 13.2 Å². The molecule has 2 aromatic rings. The van der Waals surface area contributed by atoms with Gasteiger partial charge in [-0.2, -0.15) is 0 Å². The average Bonchev–Trinajstić information content (AvgIpc) is 3.04. The van der Waals surface area contributed by atoms with Crippen molar-refractivity contribution in [1.29, 1.82) is 0 Å². The lowest BCUT2D eigenvalue weighted by molar-refractivity contribution is -0.122. The Balaban J connectivity index is 1.50. The summed E-state index contributed by atoms with van der Waals surface area (Å²) in [6.07, 6.45) is 0.176. The highest BCUT2D eigenvalue weighted by atomic mass is 79.9. The molecule has 6 nitrogen and oxygen atoms in total. The third-order valence-corrected chi connectivity index (χ3v) is 5.86. The Morgan fingerprint density at radius 1 is 1.07 bits per heavy atom. The first kappa shape index (κ1) is 18.3. The molecule has 0 spiro atoms. The molecule has 2 aliphatic heterocycles. The number of hydrogen-bond donors (Lipinski definition) is 1. The Morgan fingerprint density at radius 3 is 2.52 bits per heavy atom. The van der Waals surface area contributed by atoms with Crippen LogP contribution in [0.5, 0.6) is 11.5 Å². The Morgan fingerprint density at radius 2 is 1.78 bits per heavy atom. The second-order valence-corrected chi connectivity index (χ2v) is 8.03. The minimum atomic E-state index is -0.426. The van der Waals surface area contributed by atoms with Crippen molar-refractivity contribution in [1.82, 2.24) is 0 Å². The van der Waals surface area contributed by atoms with E-state index in [2.05, 4.69) is 37.2 Å².